The van der Waals surface area contributed by atoms with E-state index in [0.29, 0.717) is 17.9 Å². The monoisotopic (exact) mass is 281 g/mol. The van der Waals surface area contributed by atoms with Gasteiger partial charge < -0.3 is 5.73 Å². The predicted molar refractivity (Wildman–Crippen MR) is 72.5 cm³/mol. The van der Waals surface area contributed by atoms with Crippen LogP contribution < -0.4 is 5.73 Å². The fourth-order valence-corrected chi connectivity index (χ4v) is 3.53. The van der Waals surface area contributed by atoms with Gasteiger partial charge in [0, 0.05) is 10.5 Å². The number of nitrogens with two attached hydrogens (primary N) is 1. The Balaban J connectivity index is 2.27. The predicted octanol–water partition coefficient (Wildman–Crippen LogP) is 4.07. The Hall–Kier alpha value is -0.340. The third-order valence-corrected chi connectivity index (χ3v) is 4.52. The molecule has 1 aromatic rings. The maximum Gasteiger partial charge on any atom is 0.0210 e. The van der Waals surface area contributed by atoms with Gasteiger partial charge in [-0.3, -0.25) is 0 Å². The molecule has 0 spiro atoms. The maximum atomic E-state index is 6.13. The van der Waals surface area contributed by atoms with Crippen molar-refractivity contribution in [2.75, 3.05) is 0 Å². The first-order valence-corrected chi connectivity index (χ1v) is 6.99. The molecule has 1 aliphatic rings. The summed E-state index contributed by atoms with van der Waals surface area (Å²) in [6, 6.07) is 8.90. The van der Waals surface area contributed by atoms with Crippen molar-refractivity contribution >= 4 is 15.9 Å². The molecular weight excluding hydrogens is 262 g/mol. The van der Waals surface area contributed by atoms with E-state index < -0.39 is 0 Å². The van der Waals surface area contributed by atoms with Crippen LogP contribution in [0.25, 0.3) is 0 Å². The van der Waals surface area contributed by atoms with Gasteiger partial charge in [-0.05, 0) is 43.2 Å². The smallest absolute Gasteiger partial charge is 0.0210 e. The Labute approximate surface area is 107 Å². The van der Waals surface area contributed by atoms with Crippen molar-refractivity contribution in [2.45, 2.75) is 44.6 Å². The summed E-state index contributed by atoms with van der Waals surface area (Å²) in [4.78, 5) is 0. The van der Waals surface area contributed by atoms with Crippen molar-refractivity contribution in [3.05, 3.63) is 34.3 Å². The number of hydrogen-bond donors (Lipinski definition) is 1. The first-order valence-electron chi connectivity index (χ1n) is 6.20. The van der Waals surface area contributed by atoms with E-state index in [1.165, 1.54) is 35.7 Å². The molecule has 1 fully saturated rings. The van der Waals surface area contributed by atoms with Gasteiger partial charge in [-0.15, -0.1) is 0 Å². The summed E-state index contributed by atoms with van der Waals surface area (Å²) in [5.74, 6) is 1.29. The van der Waals surface area contributed by atoms with Gasteiger partial charge >= 0.3 is 0 Å². The van der Waals surface area contributed by atoms with E-state index in [9.17, 15) is 0 Å². The lowest BCUT2D eigenvalue weighted by atomic mass is 9.72. The molecular formula is C14H20BrN. The van der Waals surface area contributed by atoms with Gasteiger partial charge in [0.15, 0.2) is 0 Å². The molecule has 2 N–H and O–H groups in total. The molecule has 1 nitrogen and oxygen atoms in total. The Morgan fingerprint density at radius 2 is 1.94 bits per heavy atom. The number of hydrogen-bond acceptors (Lipinski definition) is 1. The molecule has 0 saturated heterocycles. The van der Waals surface area contributed by atoms with E-state index in [-0.39, 0.29) is 0 Å². The molecule has 1 aromatic carbocycles. The van der Waals surface area contributed by atoms with Crippen LogP contribution in [-0.2, 0) is 0 Å². The third kappa shape index (κ3) is 2.49. The lowest BCUT2D eigenvalue weighted by Crippen LogP contribution is -2.33. The van der Waals surface area contributed by atoms with E-state index >= 15 is 0 Å². The molecule has 0 aromatic heterocycles. The van der Waals surface area contributed by atoms with Crippen molar-refractivity contribution in [3.63, 3.8) is 0 Å². The normalized spacial score (nSPS) is 27.7. The van der Waals surface area contributed by atoms with Gasteiger partial charge in [0.1, 0.15) is 0 Å². The first kappa shape index (κ1) is 12.1. The second-order valence-corrected chi connectivity index (χ2v) is 5.79. The van der Waals surface area contributed by atoms with Gasteiger partial charge in [-0.25, -0.2) is 0 Å². The van der Waals surface area contributed by atoms with Gasteiger partial charge in [0.2, 0.25) is 0 Å². The fourth-order valence-electron chi connectivity index (χ4n) is 2.95. The van der Waals surface area contributed by atoms with Crippen molar-refractivity contribution in [3.8, 4) is 0 Å². The van der Waals surface area contributed by atoms with Gasteiger partial charge in [-0.1, -0.05) is 47.0 Å². The summed E-state index contributed by atoms with van der Waals surface area (Å²) in [6.45, 7) is 2.15. The van der Waals surface area contributed by atoms with Crippen LogP contribution in [0.4, 0.5) is 0 Å². The molecule has 1 aliphatic carbocycles. The maximum absolute atomic E-state index is 6.13. The summed E-state index contributed by atoms with van der Waals surface area (Å²) < 4.78 is 1.24. The van der Waals surface area contributed by atoms with Crippen LogP contribution in [0.1, 0.15) is 44.1 Å². The van der Waals surface area contributed by atoms with Crippen LogP contribution >= 0.6 is 15.9 Å². The topological polar surface area (TPSA) is 26.0 Å². The van der Waals surface area contributed by atoms with Crippen molar-refractivity contribution in [1.29, 1.82) is 0 Å². The lowest BCUT2D eigenvalue weighted by Gasteiger charge is -2.35. The largest absolute Gasteiger partial charge is 0.328 e. The summed E-state index contributed by atoms with van der Waals surface area (Å²) in [5.41, 5.74) is 7.58. The quantitative estimate of drug-likeness (QED) is 0.869. The van der Waals surface area contributed by atoms with Crippen LogP contribution in [-0.4, -0.2) is 6.04 Å². The van der Waals surface area contributed by atoms with Gasteiger partial charge in [0.05, 0.1) is 0 Å². The van der Waals surface area contributed by atoms with Crippen molar-refractivity contribution in [2.24, 2.45) is 11.7 Å². The zero-order valence-electron chi connectivity index (χ0n) is 9.83. The molecule has 0 bridgehead atoms. The SMILES string of the molecule is CC(N)C1CCCCC1c1ccccc1Br. The molecule has 0 heterocycles. The zero-order chi connectivity index (χ0) is 11.5. The van der Waals surface area contributed by atoms with E-state index in [1.54, 1.807) is 0 Å². The highest BCUT2D eigenvalue weighted by Gasteiger charge is 2.29. The molecule has 0 amide bonds. The average Bonchev–Trinajstić information content (AvgIpc) is 2.29. The minimum Gasteiger partial charge on any atom is -0.328 e. The zero-order valence-corrected chi connectivity index (χ0v) is 11.4. The molecule has 16 heavy (non-hydrogen) atoms. The van der Waals surface area contributed by atoms with Crippen molar-refractivity contribution in [1.82, 2.24) is 0 Å². The Morgan fingerprint density at radius 3 is 2.62 bits per heavy atom. The molecule has 88 valence electrons. The second kappa shape index (κ2) is 5.33. The molecule has 0 radical (unpaired) electrons. The van der Waals surface area contributed by atoms with Crippen LogP contribution in [0, 0.1) is 5.92 Å². The fraction of sp³-hybridized carbons (Fsp3) is 0.571. The van der Waals surface area contributed by atoms with E-state index in [4.69, 9.17) is 5.73 Å². The minimum atomic E-state index is 0.303. The van der Waals surface area contributed by atoms with Crippen LogP contribution in [0.5, 0.6) is 0 Å². The van der Waals surface area contributed by atoms with Crippen LogP contribution in [0.15, 0.2) is 28.7 Å². The number of rotatable bonds is 2. The molecule has 1 saturated carbocycles. The average molecular weight is 282 g/mol. The second-order valence-electron chi connectivity index (χ2n) is 4.94. The van der Waals surface area contributed by atoms with E-state index in [0.717, 1.165) is 0 Å². The van der Waals surface area contributed by atoms with E-state index in [2.05, 4.69) is 47.1 Å². The Bertz CT molecular complexity index is 348. The molecule has 3 atom stereocenters. The first-order chi connectivity index (χ1) is 7.70. The molecule has 2 heteroatoms. The summed E-state index contributed by atoms with van der Waals surface area (Å²) in [6.07, 6.45) is 5.25. The Kier molecular flexibility index (Phi) is 4.04. The third-order valence-electron chi connectivity index (χ3n) is 3.80. The summed E-state index contributed by atoms with van der Waals surface area (Å²) >= 11 is 3.67. The highest BCUT2D eigenvalue weighted by atomic mass is 79.9. The number of benzene rings is 1. The lowest BCUT2D eigenvalue weighted by molar-refractivity contribution is 0.271. The summed E-state index contributed by atoms with van der Waals surface area (Å²) in [7, 11) is 0. The van der Waals surface area contributed by atoms with Gasteiger partial charge in [-0.2, -0.15) is 0 Å². The van der Waals surface area contributed by atoms with Crippen LogP contribution in [0.3, 0.4) is 0 Å². The minimum absolute atomic E-state index is 0.303. The molecule has 3 unspecified atom stereocenters. The highest BCUT2D eigenvalue weighted by Crippen LogP contribution is 2.41. The van der Waals surface area contributed by atoms with Crippen LogP contribution in [0.2, 0.25) is 0 Å². The molecule has 0 aliphatic heterocycles. The number of halogens is 1. The Morgan fingerprint density at radius 1 is 1.25 bits per heavy atom. The van der Waals surface area contributed by atoms with E-state index in [1.807, 2.05) is 0 Å². The molecule has 2 rings (SSSR count). The van der Waals surface area contributed by atoms with Crippen molar-refractivity contribution < 1.29 is 0 Å². The standard InChI is InChI=1S/C14H20BrN/c1-10(16)11-6-2-3-7-12(11)13-8-4-5-9-14(13)15/h4-5,8-12H,2-3,6-7,16H2,1H3. The summed E-state index contributed by atoms with van der Waals surface area (Å²) in [5, 5.41) is 0. The highest BCUT2D eigenvalue weighted by molar-refractivity contribution is 9.10. The van der Waals surface area contributed by atoms with Gasteiger partial charge in [0.25, 0.3) is 0 Å².